The smallest absolute Gasteiger partial charge is 0.165 e. The number of thiazole rings is 1. The molecule has 1 atom stereocenters. The van der Waals surface area contributed by atoms with Crippen molar-refractivity contribution >= 4 is 11.3 Å². The molecule has 0 radical (unpaired) electrons. The Morgan fingerprint density at radius 2 is 2.33 bits per heavy atom. The Bertz CT molecular complexity index is 641. The average molecular weight is 306 g/mol. The first-order valence-corrected chi connectivity index (χ1v) is 8.22. The zero-order valence-electron chi connectivity index (χ0n) is 12.0. The van der Waals surface area contributed by atoms with Crippen molar-refractivity contribution in [1.82, 2.24) is 10.3 Å². The van der Waals surface area contributed by atoms with Gasteiger partial charge < -0.3 is 10.4 Å². The van der Waals surface area contributed by atoms with E-state index in [1.807, 2.05) is 0 Å². The van der Waals surface area contributed by atoms with Crippen molar-refractivity contribution in [3.63, 3.8) is 0 Å². The number of aromatic hydroxyl groups is 1. The first-order valence-electron chi connectivity index (χ1n) is 7.41. The lowest BCUT2D eigenvalue weighted by atomic mass is 9.97. The number of phenols is 1. The third kappa shape index (κ3) is 2.94. The van der Waals surface area contributed by atoms with Crippen molar-refractivity contribution < 1.29 is 9.50 Å². The summed E-state index contributed by atoms with van der Waals surface area (Å²) in [4.78, 5) is 6.04. The van der Waals surface area contributed by atoms with Crippen molar-refractivity contribution in [2.24, 2.45) is 0 Å². The summed E-state index contributed by atoms with van der Waals surface area (Å²) in [7, 11) is 0. The number of rotatable bonds is 4. The van der Waals surface area contributed by atoms with Gasteiger partial charge in [0.2, 0.25) is 0 Å². The second-order valence-electron chi connectivity index (χ2n) is 5.39. The van der Waals surface area contributed by atoms with Gasteiger partial charge in [-0.2, -0.15) is 0 Å². The maximum Gasteiger partial charge on any atom is 0.165 e. The first kappa shape index (κ1) is 14.5. The maximum absolute atomic E-state index is 13.5. The summed E-state index contributed by atoms with van der Waals surface area (Å²) in [5.74, 6) is -0.913. The fourth-order valence-corrected chi connectivity index (χ4v) is 3.86. The molecule has 0 spiro atoms. The molecule has 2 aromatic rings. The van der Waals surface area contributed by atoms with Gasteiger partial charge in [0, 0.05) is 10.4 Å². The van der Waals surface area contributed by atoms with Crippen LogP contribution in [-0.2, 0) is 6.42 Å². The largest absolute Gasteiger partial charge is 0.505 e. The highest BCUT2D eigenvalue weighted by atomic mass is 32.1. The van der Waals surface area contributed by atoms with Gasteiger partial charge in [0.15, 0.2) is 11.6 Å². The van der Waals surface area contributed by atoms with Crippen LogP contribution in [0.2, 0.25) is 0 Å². The molecule has 1 aliphatic rings. The molecule has 0 saturated heterocycles. The first-order chi connectivity index (χ1) is 10.2. The lowest BCUT2D eigenvalue weighted by molar-refractivity contribution is 0.432. The van der Waals surface area contributed by atoms with Crippen LogP contribution in [0.4, 0.5) is 4.39 Å². The number of hydrogen-bond donors (Lipinski definition) is 2. The average Bonchev–Trinajstić information content (AvgIpc) is 2.92. The van der Waals surface area contributed by atoms with Gasteiger partial charge in [0.1, 0.15) is 5.01 Å². The van der Waals surface area contributed by atoms with Crippen LogP contribution < -0.4 is 5.32 Å². The lowest BCUT2D eigenvalue weighted by Crippen LogP contribution is -2.25. The molecule has 1 aromatic heterocycles. The molecular weight excluding hydrogens is 287 g/mol. The molecule has 5 heteroatoms. The molecule has 0 bridgehead atoms. The SMILES string of the molecule is CCCNC1CCCc2sc(-c3ccc(O)c(F)c3)nc21. The Morgan fingerprint density at radius 3 is 3.10 bits per heavy atom. The Labute approximate surface area is 127 Å². The van der Waals surface area contributed by atoms with E-state index in [9.17, 15) is 9.50 Å². The molecule has 1 heterocycles. The van der Waals surface area contributed by atoms with Crippen LogP contribution in [0.5, 0.6) is 5.75 Å². The number of aryl methyl sites for hydroxylation is 1. The Hall–Kier alpha value is -1.46. The van der Waals surface area contributed by atoms with E-state index in [1.165, 1.54) is 23.4 Å². The zero-order valence-corrected chi connectivity index (χ0v) is 12.8. The van der Waals surface area contributed by atoms with Crippen molar-refractivity contribution in [2.45, 2.75) is 38.6 Å². The third-order valence-corrected chi connectivity index (χ3v) is 4.97. The molecule has 0 fully saturated rings. The minimum Gasteiger partial charge on any atom is -0.505 e. The number of fused-ring (bicyclic) bond motifs is 1. The highest BCUT2D eigenvalue weighted by Crippen LogP contribution is 2.37. The summed E-state index contributed by atoms with van der Waals surface area (Å²) in [5.41, 5.74) is 1.86. The molecule has 1 aliphatic carbocycles. The van der Waals surface area contributed by atoms with Crippen LogP contribution in [-0.4, -0.2) is 16.6 Å². The van der Waals surface area contributed by atoms with Gasteiger partial charge in [-0.3, -0.25) is 0 Å². The summed E-state index contributed by atoms with van der Waals surface area (Å²) in [5, 5.41) is 13.7. The van der Waals surface area contributed by atoms with Crippen LogP contribution in [0.1, 0.15) is 42.8 Å². The normalized spacial score (nSPS) is 17.7. The number of nitrogens with zero attached hydrogens (tertiary/aromatic N) is 1. The number of benzene rings is 1. The predicted octanol–water partition coefficient (Wildman–Crippen LogP) is 4.03. The topological polar surface area (TPSA) is 45.1 Å². The van der Waals surface area contributed by atoms with E-state index in [2.05, 4.69) is 12.2 Å². The maximum atomic E-state index is 13.5. The molecule has 1 aromatic carbocycles. The Morgan fingerprint density at radius 1 is 1.48 bits per heavy atom. The summed E-state index contributed by atoms with van der Waals surface area (Å²) < 4.78 is 13.5. The summed E-state index contributed by atoms with van der Waals surface area (Å²) in [6.07, 6.45) is 4.43. The summed E-state index contributed by atoms with van der Waals surface area (Å²) in [6, 6.07) is 4.78. The molecule has 2 N–H and O–H groups in total. The van der Waals surface area contributed by atoms with Gasteiger partial charge in [-0.25, -0.2) is 9.37 Å². The molecular formula is C16H19FN2OS. The lowest BCUT2D eigenvalue weighted by Gasteiger charge is -2.22. The van der Waals surface area contributed by atoms with Gasteiger partial charge >= 0.3 is 0 Å². The Kier molecular flexibility index (Phi) is 4.22. The molecule has 0 saturated carbocycles. The second-order valence-corrected chi connectivity index (χ2v) is 6.48. The highest BCUT2D eigenvalue weighted by Gasteiger charge is 2.24. The van der Waals surface area contributed by atoms with Crippen molar-refractivity contribution in [1.29, 1.82) is 0 Å². The summed E-state index contributed by atoms with van der Waals surface area (Å²) >= 11 is 1.64. The van der Waals surface area contributed by atoms with Gasteiger partial charge in [-0.1, -0.05) is 6.92 Å². The van der Waals surface area contributed by atoms with Gasteiger partial charge in [-0.05, 0) is 50.4 Å². The van der Waals surface area contributed by atoms with E-state index < -0.39 is 5.82 Å². The Balaban J connectivity index is 1.91. The minimum atomic E-state index is -0.596. The fourth-order valence-electron chi connectivity index (χ4n) is 2.70. The molecule has 0 aliphatic heterocycles. The monoisotopic (exact) mass is 306 g/mol. The van der Waals surface area contributed by atoms with E-state index in [-0.39, 0.29) is 5.75 Å². The van der Waals surface area contributed by atoms with Crippen molar-refractivity contribution in [3.8, 4) is 16.3 Å². The number of hydrogen-bond acceptors (Lipinski definition) is 4. The van der Waals surface area contributed by atoms with Crippen molar-refractivity contribution in [3.05, 3.63) is 34.6 Å². The molecule has 3 nitrogen and oxygen atoms in total. The fraction of sp³-hybridized carbons (Fsp3) is 0.438. The van der Waals surface area contributed by atoms with Crippen LogP contribution >= 0.6 is 11.3 Å². The molecule has 112 valence electrons. The van der Waals surface area contributed by atoms with E-state index in [4.69, 9.17) is 4.98 Å². The standard InChI is InChI=1S/C16H19FN2OS/c1-2-8-18-12-4-3-5-14-15(12)19-16(21-14)10-6-7-13(20)11(17)9-10/h6-7,9,12,18,20H,2-5,8H2,1H3. The molecule has 0 amide bonds. The number of halogens is 1. The molecule has 21 heavy (non-hydrogen) atoms. The molecule has 3 rings (SSSR count). The van der Waals surface area contributed by atoms with Crippen LogP contribution in [0.15, 0.2) is 18.2 Å². The number of phenolic OH excluding ortho intramolecular Hbond substituents is 1. The minimum absolute atomic E-state index is 0.317. The van der Waals surface area contributed by atoms with Crippen LogP contribution in [0.3, 0.4) is 0 Å². The highest BCUT2D eigenvalue weighted by molar-refractivity contribution is 7.15. The number of aromatic nitrogens is 1. The predicted molar refractivity (Wildman–Crippen MR) is 83.1 cm³/mol. The zero-order chi connectivity index (χ0) is 14.8. The van der Waals surface area contributed by atoms with Gasteiger partial charge in [-0.15, -0.1) is 11.3 Å². The second kappa shape index (κ2) is 6.12. The quantitative estimate of drug-likeness (QED) is 0.896. The summed E-state index contributed by atoms with van der Waals surface area (Å²) in [6.45, 7) is 3.15. The van der Waals surface area contributed by atoms with Gasteiger partial charge in [0.25, 0.3) is 0 Å². The van der Waals surface area contributed by atoms with Crippen LogP contribution in [0, 0.1) is 5.82 Å². The van der Waals surface area contributed by atoms with E-state index >= 15 is 0 Å². The number of nitrogens with one attached hydrogen (secondary N) is 1. The van der Waals surface area contributed by atoms with Gasteiger partial charge in [0.05, 0.1) is 11.7 Å². The van der Waals surface area contributed by atoms with E-state index in [0.29, 0.717) is 6.04 Å². The molecule has 1 unspecified atom stereocenters. The van der Waals surface area contributed by atoms with Crippen LogP contribution in [0.25, 0.3) is 10.6 Å². The van der Waals surface area contributed by atoms with E-state index in [0.717, 1.165) is 42.1 Å². The van der Waals surface area contributed by atoms with Crippen molar-refractivity contribution in [2.75, 3.05) is 6.54 Å². The third-order valence-electron chi connectivity index (χ3n) is 3.79. The van der Waals surface area contributed by atoms with E-state index in [1.54, 1.807) is 17.4 Å².